The summed E-state index contributed by atoms with van der Waals surface area (Å²) in [5.74, 6) is -0.446. The Morgan fingerprint density at radius 1 is 1.48 bits per heavy atom. The van der Waals surface area contributed by atoms with Gasteiger partial charge in [0.05, 0.1) is 17.8 Å². The second-order valence-corrected chi connectivity index (χ2v) is 5.96. The first-order valence-electron chi connectivity index (χ1n) is 6.84. The van der Waals surface area contributed by atoms with Gasteiger partial charge in [-0.15, -0.1) is 11.3 Å². The van der Waals surface area contributed by atoms with Crippen LogP contribution in [0.1, 0.15) is 5.69 Å². The number of carbonyl (C=O) groups is 2. The zero-order chi connectivity index (χ0) is 16.0. The molecule has 2 N–H and O–H groups in total. The minimum Gasteiger partial charge on any atom is -0.482 e. The molecular weight excluding hydrogens is 318 g/mol. The van der Waals surface area contributed by atoms with Crippen molar-refractivity contribution in [3.05, 3.63) is 35.5 Å². The molecule has 23 heavy (non-hydrogen) atoms. The Morgan fingerprint density at radius 3 is 3.17 bits per heavy atom. The lowest BCUT2D eigenvalue weighted by atomic mass is 10.1. The maximum atomic E-state index is 11.4. The van der Waals surface area contributed by atoms with Gasteiger partial charge in [0.2, 0.25) is 0 Å². The predicted octanol–water partition coefficient (Wildman–Crippen LogP) is 2.02. The highest BCUT2D eigenvalue weighted by Gasteiger charge is 2.18. The summed E-state index contributed by atoms with van der Waals surface area (Å²) in [5, 5.41) is 13.5. The third-order valence-corrected chi connectivity index (χ3v) is 4.41. The number of carboxylic acid groups (broad SMARTS) is 1. The van der Waals surface area contributed by atoms with Gasteiger partial charge in [0.15, 0.2) is 11.6 Å². The molecule has 0 saturated carbocycles. The fraction of sp³-hybridized carbons (Fsp3) is 0.133. The van der Waals surface area contributed by atoms with Crippen molar-refractivity contribution < 1.29 is 19.4 Å². The van der Waals surface area contributed by atoms with Crippen LogP contribution in [0.15, 0.2) is 29.8 Å². The van der Waals surface area contributed by atoms with Crippen molar-refractivity contribution >= 4 is 33.9 Å². The van der Waals surface area contributed by atoms with Gasteiger partial charge in [-0.25, -0.2) is 4.98 Å². The van der Waals surface area contributed by atoms with Crippen LogP contribution >= 0.6 is 11.3 Å². The molecule has 0 bridgehead atoms. The second-order valence-electron chi connectivity index (χ2n) is 5.12. The van der Waals surface area contributed by atoms with Crippen molar-refractivity contribution in [2.45, 2.75) is 6.42 Å². The number of thiazole rings is 1. The number of carboxylic acids is 1. The number of aliphatic carboxylic acids is 1. The Morgan fingerprint density at radius 2 is 2.35 bits per heavy atom. The van der Waals surface area contributed by atoms with Gasteiger partial charge in [0.1, 0.15) is 5.75 Å². The average molecular weight is 329 g/mol. The number of fused-ring (bicyclic) bond motifs is 2. The number of nitrogens with one attached hydrogen (secondary N) is 1. The molecule has 116 valence electrons. The minimum absolute atomic E-state index is 0.0190. The molecule has 4 rings (SSSR count). The topological polar surface area (TPSA) is 92.9 Å². The number of anilines is 1. The largest absolute Gasteiger partial charge is 0.482 e. The number of carbonyl (C=O) groups excluding carboxylic acids is 1. The summed E-state index contributed by atoms with van der Waals surface area (Å²) < 4.78 is 7.11. The molecule has 0 atom stereocenters. The molecule has 1 amide bonds. The Balaban J connectivity index is 1.74. The van der Waals surface area contributed by atoms with Gasteiger partial charge in [-0.3, -0.25) is 14.0 Å². The van der Waals surface area contributed by atoms with E-state index in [9.17, 15) is 9.59 Å². The zero-order valence-electron chi connectivity index (χ0n) is 11.8. The molecule has 0 unspecified atom stereocenters. The van der Waals surface area contributed by atoms with Gasteiger partial charge in [0, 0.05) is 22.8 Å². The van der Waals surface area contributed by atoms with Gasteiger partial charge < -0.3 is 15.2 Å². The van der Waals surface area contributed by atoms with E-state index in [1.54, 1.807) is 28.1 Å². The average Bonchev–Trinajstić information content (AvgIpc) is 3.08. The summed E-state index contributed by atoms with van der Waals surface area (Å²) in [6, 6.07) is 5.45. The van der Waals surface area contributed by atoms with E-state index in [2.05, 4.69) is 10.3 Å². The first-order chi connectivity index (χ1) is 11.1. The van der Waals surface area contributed by atoms with E-state index in [0.29, 0.717) is 22.8 Å². The highest BCUT2D eigenvalue weighted by atomic mass is 32.1. The molecule has 0 spiro atoms. The van der Waals surface area contributed by atoms with Crippen LogP contribution < -0.4 is 10.1 Å². The predicted molar refractivity (Wildman–Crippen MR) is 84.0 cm³/mol. The standard InChI is InChI=1S/C15H11N3O4S/c19-13-6-22-12-2-1-8(3-10(12)16-13)11-5-18-9(4-14(20)21)7-23-15(18)17-11/h1-3,5,7H,4,6H2,(H,16,19)(H,20,21). The van der Waals surface area contributed by atoms with Crippen LogP contribution in [0.3, 0.4) is 0 Å². The van der Waals surface area contributed by atoms with Crippen LogP contribution in [0.25, 0.3) is 16.2 Å². The maximum absolute atomic E-state index is 11.4. The molecule has 1 aliphatic heterocycles. The van der Waals surface area contributed by atoms with Crippen LogP contribution in [0.2, 0.25) is 0 Å². The number of nitrogens with zero attached hydrogens (tertiary/aromatic N) is 2. The van der Waals surface area contributed by atoms with Crippen LogP contribution in [-0.2, 0) is 16.0 Å². The van der Waals surface area contributed by atoms with Crippen LogP contribution in [0.4, 0.5) is 5.69 Å². The first-order valence-corrected chi connectivity index (χ1v) is 7.72. The summed E-state index contributed by atoms with van der Waals surface area (Å²) in [6.07, 6.45) is 1.75. The molecule has 1 aromatic carbocycles. The van der Waals surface area contributed by atoms with Crippen molar-refractivity contribution in [2.75, 3.05) is 11.9 Å². The normalized spacial score (nSPS) is 13.5. The highest BCUT2D eigenvalue weighted by Crippen LogP contribution is 2.33. The Kier molecular flexibility index (Phi) is 3.05. The van der Waals surface area contributed by atoms with E-state index in [4.69, 9.17) is 9.84 Å². The Bertz CT molecular complexity index is 943. The van der Waals surface area contributed by atoms with Gasteiger partial charge in [-0.2, -0.15) is 0 Å². The van der Waals surface area contributed by atoms with E-state index in [0.717, 1.165) is 10.5 Å². The van der Waals surface area contributed by atoms with E-state index in [1.165, 1.54) is 11.3 Å². The molecule has 2 aromatic heterocycles. The van der Waals surface area contributed by atoms with Gasteiger partial charge in [-0.1, -0.05) is 0 Å². The monoisotopic (exact) mass is 329 g/mol. The SMILES string of the molecule is O=C(O)Cc1csc2nc(-c3ccc4c(c3)NC(=O)CO4)cn12. The summed E-state index contributed by atoms with van der Waals surface area (Å²) in [5.41, 5.74) is 2.84. The van der Waals surface area contributed by atoms with Gasteiger partial charge in [-0.05, 0) is 18.2 Å². The number of amides is 1. The summed E-state index contributed by atoms with van der Waals surface area (Å²) in [4.78, 5) is 27.6. The van der Waals surface area contributed by atoms with Crippen LogP contribution in [0.5, 0.6) is 5.75 Å². The van der Waals surface area contributed by atoms with Crippen molar-refractivity contribution in [3.63, 3.8) is 0 Å². The Labute approximate surface area is 134 Å². The molecule has 0 fully saturated rings. The van der Waals surface area contributed by atoms with E-state index in [-0.39, 0.29) is 18.9 Å². The third kappa shape index (κ3) is 2.42. The first kappa shape index (κ1) is 13.8. The summed E-state index contributed by atoms with van der Waals surface area (Å²) in [7, 11) is 0. The minimum atomic E-state index is -0.881. The number of ether oxygens (including phenoxy) is 1. The fourth-order valence-electron chi connectivity index (χ4n) is 2.49. The molecule has 7 nitrogen and oxygen atoms in total. The number of benzene rings is 1. The van der Waals surface area contributed by atoms with Crippen molar-refractivity contribution in [1.82, 2.24) is 9.38 Å². The quantitative estimate of drug-likeness (QED) is 0.767. The summed E-state index contributed by atoms with van der Waals surface area (Å²) >= 11 is 1.39. The molecular formula is C15H11N3O4S. The number of imidazole rings is 1. The number of hydrogen-bond donors (Lipinski definition) is 2. The molecule has 3 aromatic rings. The second kappa shape index (κ2) is 5.10. The lowest BCUT2D eigenvalue weighted by Crippen LogP contribution is -2.25. The van der Waals surface area contributed by atoms with Crippen molar-refractivity contribution in [3.8, 4) is 17.0 Å². The van der Waals surface area contributed by atoms with Gasteiger partial charge >= 0.3 is 5.97 Å². The number of hydrogen-bond acceptors (Lipinski definition) is 5. The molecule has 0 radical (unpaired) electrons. The van der Waals surface area contributed by atoms with E-state index >= 15 is 0 Å². The van der Waals surface area contributed by atoms with Gasteiger partial charge in [0.25, 0.3) is 5.91 Å². The molecule has 0 aliphatic carbocycles. The van der Waals surface area contributed by atoms with Crippen molar-refractivity contribution in [1.29, 1.82) is 0 Å². The molecule has 3 heterocycles. The van der Waals surface area contributed by atoms with E-state index < -0.39 is 5.97 Å². The van der Waals surface area contributed by atoms with Crippen LogP contribution in [-0.4, -0.2) is 33.0 Å². The molecule has 8 heteroatoms. The molecule has 0 saturated heterocycles. The fourth-order valence-corrected chi connectivity index (χ4v) is 3.37. The van der Waals surface area contributed by atoms with Crippen LogP contribution in [0, 0.1) is 0 Å². The number of aromatic nitrogens is 2. The molecule has 1 aliphatic rings. The Hall–Kier alpha value is -2.87. The number of rotatable bonds is 3. The smallest absolute Gasteiger partial charge is 0.309 e. The maximum Gasteiger partial charge on any atom is 0.309 e. The van der Waals surface area contributed by atoms with E-state index in [1.807, 2.05) is 6.07 Å². The lowest BCUT2D eigenvalue weighted by Gasteiger charge is -2.18. The third-order valence-electron chi connectivity index (χ3n) is 3.52. The highest BCUT2D eigenvalue weighted by molar-refractivity contribution is 7.15. The summed E-state index contributed by atoms with van der Waals surface area (Å²) in [6.45, 7) is 0.0190. The van der Waals surface area contributed by atoms with Crippen molar-refractivity contribution in [2.24, 2.45) is 0 Å². The zero-order valence-corrected chi connectivity index (χ0v) is 12.6. The lowest BCUT2D eigenvalue weighted by molar-refractivity contribution is -0.136.